The first kappa shape index (κ1) is 34.3. The topological polar surface area (TPSA) is 53.1 Å². The predicted molar refractivity (Wildman–Crippen MR) is 217 cm³/mol. The molecule has 272 valence electrons. The van der Waals surface area contributed by atoms with Gasteiger partial charge in [-0.15, -0.1) is 17.5 Å². The van der Waals surface area contributed by atoms with E-state index >= 15 is 0 Å². The van der Waals surface area contributed by atoms with Gasteiger partial charge < -0.3 is 18.7 Å². The number of pyridine rings is 2. The van der Waals surface area contributed by atoms with Gasteiger partial charge in [-0.2, -0.15) is 6.07 Å². The van der Waals surface area contributed by atoms with E-state index in [9.17, 15) is 0 Å². The zero-order valence-electron chi connectivity index (χ0n) is 30.8. The summed E-state index contributed by atoms with van der Waals surface area (Å²) >= 11 is 0. The van der Waals surface area contributed by atoms with Crippen molar-refractivity contribution in [1.29, 1.82) is 0 Å². The molecule has 1 saturated carbocycles. The Bertz CT molecular complexity index is 2920. The second-order valence-corrected chi connectivity index (χ2v) is 16.2. The van der Waals surface area contributed by atoms with E-state index in [2.05, 4.69) is 109 Å². The van der Waals surface area contributed by atoms with Gasteiger partial charge in [0.1, 0.15) is 11.4 Å². The molecule has 0 N–H and O–H groups in total. The minimum absolute atomic E-state index is 0. The third kappa shape index (κ3) is 5.70. The number of benzene rings is 5. The molecule has 55 heavy (non-hydrogen) atoms. The Morgan fingerprint density at radius 2 is 1.55 bits per heavy atom. The summed E-state index contributed by atoms with van der Waals surface area (Å²) in [5.41, 5.74) is 8.64. The number of ether oxygens (including phenoxy) is 1. The monoisotopic (exact) mass is 896 g/mol. The van der Waals surface area contributed by atoms with Gasteiger partial charge in [-0.05, 0) is 108 Å². The van der Waals surface area contributed by atoms with Crippen LogP contribution in [-0.4, -0.2) is 14.5 Å². The molecule has 5 nitrogen and oxygen atoms in total. The third-order valence-corrected chi connectivity index (χ3v) is 12.4. The number of aromatic nitrogens is 3. The van der Waals surface area contributed by atoms with E-state index in [4.69, 9.17) is 19.1 Å². The van der Waals surface area contributed by atoms with Gasteiger partial charge in [0.2, 0.25) is 0 Å². The molecule has 1 atom stereocenters. The van der Waals surface area contributed by atoms with Gasteiger partial charge in [-0.25, -0.2) is 4.98 Å². The minimum atomic E-state index is 0. The molecule has 0 aliphatic heterocycles. The van der Waals surface area contributed by atoms with Crippen LogP contribution in [0.5, 0.6) is 11.5 Å². The average Bonchev–Trinajstić information content (AvgIpc) is 3.90. The summed E-state index contributed by atoms with van der Waals surface area (Å²) in [5.74, 6) is 3.44. The summed E-state index contributed by atoms with van der Waals surface area (Å²) in [7, 11) is 0. The molecule has 0 spiro atoms. The Kier molecular flexibility index (Phi) is 8.22. The van der Waals surface area contributed by atoms with Crippen molar-refractivity contribution in [2.45, 2.75) is 52.4 Å². The molecule has 11 rings (SSSR count). The Labute approximate surface area is 334 Å². The molecule has 5 aromatic carbocycles. The molecule has 2 aliphatic carbocycles. The Balaban J connectivity index is 0.00000372. The molecule has 0 amide bonds. The van der Waals surface area contributed by atoms with Crippen molar-refractivity contribution in [3.05, 3.63) is 139 Å². The summed E-state index contributed by atoms with van der Waals surface area (Å²) in [4.78, 5) is 9.81. The van der Waals surface area contributed by atoms with Crippen LogP contribution in [0.15, 0.2) is 120 Å². The van der Waals surface area contributed by atoms with Crippen LogP contribution >= 0.6 is 0 Å². The van der Waals surface area contributed by atoms with Gasteiger partial charge in [0.05, 0.1) is 5.58 Å². The van der Waals surface area contributed by atoms with Crippen molar-refractivity contribution in [3.8, 4) is 28.6 Å². The number of hydrogen-bond donors (Lipinski definition) is 0. The van der Waals surface area contributed by atoms with E-state index < -0.39 is 0 Å². The van der Waals surface area contributed by atoms with E-state index in [1.807, 2.05) is 36.7 Å². The largest absolute Gasteiger partial charge is 2.00 e. The molecule has 6 heteroatoms. The van der Waals surface area contributed by atoms with Crippen molar-refractivity contribution in [3.63, 3.8) is 0 Å². The summed E-state index contributed by atoms with van der Waals surface area (Å²) in [6.07, 6.45) is 11.2. The first-order chi connectivity index (χ1) is 26.5. The van der Waals surface area contributed by atoms with Gasteiger partial charge in [0.25, 0.3) is 0 Å². The van der Waals surface area contributed by atoms with Crippen LogP contribution in [0.2, 0.25) is 0 Å². The van der Waals surface area contributed by atoms with E-state index in [0.29, 0.717) is 22.8 Å². The zero-order valence-corrected chi connectivity index (χ0v) is 33.1. The fourth-order valence-electron chi connectivity index (χ4n) is 9.57. The SMILES string of the molecule is CC1(C)CCC(C2Cc3ccnc(-c4[c-]c(Oc5[c-]c6c(cc5)c5ccccc5n6-c5ccccn5)cc5c4oc4ccc6ccccc6c45)c3C2)CC1.[Pt+2]. The summed E-state index contributed by atoms with van der Waals surface area (Å²) in [5, 5.41) is 6.63. The third-order valence-electron chi connectivity index (χ3n) is 12.4. The molecule has 0 saturated heterocycles. The van der Waals surface area contributed by atoms with Crippen LogP contribution in [0.3, 0.4) is 0 Å². The second-order valence-electron chi connectivity index (χ2n) is 16.2. The molecule has 0 radical (unpaired) electrons. The fraction of sp³-hybridized carbons (Fsp3) is 0.224. The first-order valence-corrected chi connectivity index (χ1v) is 19.3. The predicted octanol–water partition coefficient (Wildman–Crippen LogP) is 12.6. The molecule has 4 aromatic heterocycles. The average molecular weight is 897 g/mol. The Hall–Kier alpha value is -5.25. The van der Waals surface area contributed by atoms with E-state index in [0.717, 1.165) is 85.0 Å². The smallest absolute Gasteiger partial charge is 0.503 e. The maximum atomic E-state index is 6.81. The fourth-order valence-corrected chi connectivity index (χ4v) is 9.57. The Morgan fingerprint density at radius 1 is 0.727 bits per heavy atom. The van der Waals surface area contributed by atoms with Crippen LogP contribution in [0.4, 0.5) is 0 Å². The number of furan rings is 1. The Morgan fingerprint density at radius 3 is 2.40 bits per heavy atom. The molecule has 4 heterocycles. The van der Waals surface area contributed by atoms with E-state index in [1.165, 1.54) is 42.2 Å². The van der Waals surface area contributed by atoms with Gasteiger partial charge in [-0.1, -0.05) is 108 Å². The molecule has 2 aliphatic rings. The van der Waals surface area contributed by atoms with E-state index in [-0.39, 0.29) is 21.1 Å². The zero-order chi connectivity index (χ0) is 36.0. The molecule has 1 fully saturated rings. The van der Waals surface area contributed by atoms with Gasteiger partial charge in [0, 0.05) is 34.8 Å². The second kappa shape index (κ2) is 13.2. The normalized spacial score (nSPS) is 16.9. The summed E-state index contributed by atoms with van der Waals surface area (Å²) < 4.78 is 15.8. The molecular formula is C49H39N3O2Pt. The van der Waals surface area contributed by atoms with Crippen molar-refractivity contribution in [1.82, 2.24) is 14.5 Å². The van der Waals surface area contributed by atoms with Gasteiger partial charge in [-0.3, -0.25) is 0 Å². The number of nitrogens with zero attached hydrogens (tertiary/aromatic N) is 3. The number of hydrogen-bond acceptors (Lipinski definition) is 4. The van der Waals surface area contributed by atoms with E-state index in [1.54, 1.807) is 0 Å². The van der Waals surface area contributed by atoms with Crippen molar-refractivity contribution >= 4 is 54.5 Å². The molecule has 0 bridgehead atoms. The first-order valence-electron chi connectivity index (χ1n) is 19.3. The van der Waals surface area contributed by atoms with Crippen LogP contribution in [-0.2, 0) is 33.9 Å². The van der Waals surface area contributed by atoms with Crippen LogP contribution in [0, 0.1) is 29.4 Å². The summed E-state index contributed by atoms with van der Waals surface area (Å²) in [6, 6.07) is 42.9. The van der Waals surface area contributed by atoms with Crippen molar-refractivity contribution in [2.24, 2.45) is 17.3 Å². The molecular weight excluding hydrogens is 858 g/mol. The van der Waals surface area contributed by atoms with Crippen molar-refractivity contribution < 1.29 is 30.2 Å². The number of para-hydroxylation sites is 1. The van der Waals surface area contributed by atoms with Crippen molar-refractivity contribution in [2.75, 3.05) is 0 Å². The number of rotatable bonds is 5. The summed E-state index contributed by atoms with van der Waals surface area (Å²) in [6.45, 7) is 4.86. The van der Waals surface area contributed by atoms with Crippen LogP contribution in [0.1, 0.15) is 50.7 Å². The maximum absolute atomic E-state index is 6.81. The maximum Gasteiger partial charge on any atom is 2.00 e. The number of fused-ring (bicyclic) bond motifs is 9. The van der Waals surface area contributed by atoms with Gasteiger partial charge >= 0.3 is 21.1 Å². The van der Waals surface area contributed by atoms with Crippen LogP contribution < -0.4 is 4.74 Å². The van der Waals surface area contributed by atoms with Gasteiger partial charge in [0.15, 0.2) is 0 Å². The quantitative estimate of drug-likeness (QED) is 0.162. The minimum Gasteiger partial charge on any atom is -0.503 e. The standard InChI is InChI=1S/C49H39N3O2.Pt/c1-49(2)21-18-30(19-22-49)33-25-32-20-24-51-47(39(32)26-33)41-28-35(27-40-46-36-10-4-3-9-31(36)14-17-44(46)54-48(40)41)53-34-15-16-38-37-11-5-6-12-42(37)52(43(38)29-34)45-13-7-8-23-50-45;/h3-17,20,23-24,27,30,33H,18-19,21-22,25-26H2,1-2H3;/q-2;+2. The molecule has 9 aromatic rings. The molecule has 1 unspecified atom stereocenters. The van der Waals surface area contributed by atoms with Crippen LogP contribution in [0.25, 0.3) is 71.6 Å².